The molecular weight excluding hydrogens is 335 g/mol. The average Bonchev–Trinajstić information content (AvgIpc) is 2.40. The van der Waals surface area contributed by atoms with E-state index in [1.54, 1.807) is 18.2 Å². The van der Waals surface area contributed by atoms with Crippen molar-refractivity contribution in [2.75, 3.05) is 0 Å². The van der Waals surface area contributed by atoms with Gasteiger partial charge in [0.05, 0.1) is 6.04 Å². The van der Waals surface area contributed by atoms with E-state index in [1.807, 2.05) is 0 Å². The highest BCUT2D eigenvalue weighted by atomic mass is 79.9. The third-order valence-electron chi connectivity index (χ3n) is 2.74. The van der Waals surface area contributed by atoms with Crippen molar-refractivity contribution >= 4 is 15.9 Å². The van der Waals surface area contributed by atoms with Crippen LogP contribution < -0.4 is 10.5 Å². The second kappa shape index (κ2) is 6.28. The summed E-state index contributed by atoms with van der Waals surface area (Å²) in [6, 6.07) is 9.55. The van der Waals surface area contributed by atoms with Crippen LogP contribution in [-0.2, 0) is 0 Å². The molecule has 2 N–H and O–H groups in total. The van der Waals surface area contributed by atoms with E-state index in [0.717, 1.165) is 0 Å². The van der Waals surface area contributed by atoms with Gasteiger partial charge in [0.1, 0.15) is 11.6 Å². The molecule has 106 valence electrons. The van der Waals surface area contributed by atoms with E-state index in [2.05, 4.69) is 20.7 Å². The van der Waals surface area contributed by atoms with Crippen LogP contribution in [0.5, 0.6) is 5.75 Å². The molecule has 0 fully saturated rings. The molecule has 2 aromatic rings. The highest BCUT2D eigenvalue weighted by Crippen LogP contribution is 2.27. The summed E-state index contributed by atoms with van der Waals surface area (Å²) in [6.45, 7) is -2.91. The lowest BCUT2D eigenvalue weighted by atomic mass is 9.99. The maximum atomic E-state index is 13.8. The Morgan fingerprint density at radius 2 is 1.85 bits per heavy atom. The highest BCUT2D eigenvalue weighted by molar-refractivity contribution is 9.10. The topological polar surface area (TPSA) is 35.2 Å². The van der Waals surface area contributed by atoms with E-state index >= 15 is 0 Å². The van der Waals surface area contributed by atoms with Gasteiger partial charge in [0.25, 0.3) is 0 Å². The highest BCUT2D eigenvalue weighted by Gasteiger charge is 2.15. The number of hydrogen-bond acceptors (Lipinski definition) is 2. The van der Waals surface area contributed by atoms with E-state index in [1.165, 1.54) is 24.3 Å². The Kier molecular flexibility index (Phi) is 4.67. The fourth-order valence-electron chi connectivity index (χ4n) is 1.82. The summed E-state index contributed by atoms with van der Waals surface area (Å²) < 4.78 is 43.1. The van der Waals surface area contributed by atoms with Gasteiger partial charge in [0.2, 0.25) is 0 Å². The second-order valence-corrected chi connectivity index (χ2v) is 5.01. The van der Waals surface area contributed by atoms with Crippen molar-refractivity contribution in [3.8, 4) is 5.75 Å². The predicted octanol–water partition coefficient (Wildman–Crippen LogP) is 4.24. The normalized spacial score (nSPS) is 12.5. The molecule has 0 aromatic heterocycles. The fraction of sp³-hybridized carbons (Fsp3) is 0.143. The zero-order chi connectivity index (χ0) is 14.7. The van der Waals surface area contributed by atoms with E-state index in [9.17, 15) is 13.2 Å². The largest absolute Gasteiger partial charge is 0.435 e. The molecule has 2 rings (SSSR count). The first-order chi connectivity index (χ1) is 9.47. The predicted molar refractivity (Wildman–Crippen MR) is 73.2 cm³/mol. The van der Waals surface area contributed by atoms with Gasteiger partial charge >= 0.3 is 6.61 Å². The van der Waals surface area contributed by atoms with Crippen molar-refractivity contribution in [2.45, 2.75) is 12.7 Å². The molecule has 0 saturated heterocycles. The third kappa shape index (κ3) is 3.52. The Hall–Kier alpha value is -1.53. The first-order valence-electron chi connectivity index (χ1n) is 5.72. The van der Waals surface area contributed by atoms with Gasteiger partial charge in [0, 0.05) is 10.0 Å². The van der Waals surface area contributed by atoms with Gasteiger partial charge in [-0.2, -0.15) is 8.78 Å². The van der Waals surface area contributed by atoms with Crippen LogP contribution in [-0.4, -0.2) is 6.61 Å². The Morgan fingerprint density at radius 3 is 2.55 bits per heavy atom. The minimum atomic E-state index is -2.91. The van der Waals surface area contributed by atoms with Crippen molar-refractivity contribution in [3.05, 3.63) is 63.9 Å². The van der Waals surface area contributed by atoms with Gasteiger partial charge in [-0.15, -0.1) is 0 Å². The maximum Gasteiger partial charge on any atom is 0.387 e. The van der Waals surface area contributed by atoms with Crippen LogP contribution in [0.1, 0.15) is 17.2 Å². The van der Waals surface area contributed by atoms with Gasteiger partial charge < -0.3 is 10.5 Å². The summed E-state index contributed by atoms with van der Waals surface area (Å²) in [5.74, 6) is -0.468. The van der Waals surface area contributed by atoms with Crippen molar-refractivity contribution in [3.63, 3.8) is 0 Å². The van der Waals surface area contributed by atoms with E-state index in [0.29, 0.717) is 10.0 Å². The lowest BCUT2D eigenvalue weighted by molar-refractivity contribution is -0.0498. The van der Waals surface area contributed by atoms with Gasteiger partial charge in [-0.25, -0.2) is 4.39 Å². The number of alkyl halides is 2. The third-order valence-corrected chi connectivity index (χ3v) is 3.23. The Bertz CT molecular complexity index is 607. The first kappa shape index (κ1) is 14.9. The minimum Gasteiger partial charge on any atom is -0.435 e. The molecule has 0 aliphatic rings. The second-order valence-electron chi connectivity index (χ2n) is 4.09. The summed E-state index contributed by atoms with van der Waals surface area (Å²) in [7, 11) is 0. The Labute approximate surface area is 122 Å². The molecule has 0 heterocycles. The zero-order valence-electron chi connectivity index (χ0n) is 10.2. The van der Waals surface area contributed by atoms with Crippen LogP contribution in [0.15, 0.2) is 46.9 Å². The quantitative estimate of drug-likeness (QED) is 0.899. The molecule has 0 spiro atoms. The van der Waals surface area contributed by atoms with E-state index in [4.69, 9.17) is 5.73 Å². The summed E-state index contributed by atoms with van der Waals surface area (Å²) in [4.78, 5) is 0. The van der Waals surface area contributed by atoms with Crippen molar-refractivity contribution < 1.29 is 17.9 Å². The number of hydrogen-bond donors (Lipinski definition) is 1. The monoisotopic (exact) mass is 345 g/mol. The molecule has 0 amide bonds. The summed E-state index contributed by atoms with van der Waals surface area (Å²) in [5, 5.41) is 0. The van der Waals surface area contributed by atoms with Gasteiger partial charge in [-0.05, 0) is 35.9 Å². The molecular formula is C14H11BrF3NO. The molecule has 0 radical (unpaired) electrons. The van der Waals surface area contributed by atoms with Crippen LogP contribution >= 0.6 is 15.9 Å². The summed E-state index contributed by atoms with van der Waals surface area (Å²) in [5.41, 5.74) is 6.74. The fourth-order valence-corrected chi connectivity index (χ4v) is 2.20. The standard InChI is InChI=1S/C14H11BrF3NO/c15-9-4-5-12(16)11(7-9)13(19)8-2-1-3-10(6-8)20-14(17)18/h1-7,13-14H,19H2. The Balaban J connectivity index is 2.33. The van der Waals surface area contributed by atoms with Crippen LogP contribution in [0.4, 0.5) is 13.2 Å². The molecule has 6 heteroatoms. The summed E-state index contributed by atoms with van der Waals surface area (Å²) >= 11 is 3.24. The zero-order valence-corrected chi connectivity index (χ0v) is 11.8. The van der Waals surface area contributed by atoms with Gasteiger partial charge in [-0.3, -0.25) is 0 Å². The van der Waals surface area contributed by atoms with Crippen LogP contribution in [0.3, 0.4) is 0 Å². The first-order valence-corrected chi connectivity index (χ1v) is 6.52. The Morgan fingerprint density at radius 1 is 1.10 bits per heavy atom. The number of benzene rings is 2. The molecule has 0 saturated carbocycles. The average molecular weight is 346 g/mol. The molecule has 0 bridgehead atoms. The molecule has 1 unspecified atom stereocenters. The SMILES string of the molecule is NC(c1cccc(OC(F)F)c1)c1cc(Br)ccc1F. The molecule has 1 atom stereocenters. The van der Waals surface area contributed by atoms with Crippen molar-refractivity contribution in [1.82, 2.24) is 0 Å². The number of halogens is 4. The molecule has 20 heavy (non-hydrogen) atoms. The molecule has 2 aromatic carbocycles. The van der Waals surface area contributed by atoms with E-state index < -0.39 is 18.5 Å². The smallest absolute Gasteiger partial charge is 0.387 e. The maximum absolute atomic E-state index is 13.8. The van der Waals surface area contributed by atoms with Gasteiger partial charge in [0.15, 0.2) is 0 Å². The van der Waals surface area contributed by atoms with E-state index in [-0.39, 0.29) is 11.3 Å². The molecule has 0 aliphatic carbocycles. The van der Waals surface area contributed by atoms with Crippen molar-refractivity contribution in [1.29, 1.82) is 0 Å². The van der Waals surface area contributed by atoms with Crippen LogP contribution in [0.25, 0.3) is 0 Å². The number of ether oxygens (including phenoxy) is 1. The lowest BCUT2D eigenvalue weighted by Gasteiger charge is -2.15. The summed E-state index contributed by atoms with van der Waals surface area (Å²) in [6.07, 6.45) is 0. The molecule has 0 aliphatic heterocycles. The van der Waals surface area contributed by atoms with Crippen LogP contribution in [0.2, 0.25) is 0 Å². The van der Waals surface area contributed by atoms with Gasteiger partial charge in [-0.1, -0.05) is 28.1 Å². The number of nitrogens with two attached hydrogens (primary N) is 1. The van der Waals surface area contributed by atoms with Crippen molar-refractivity contribution in [2.24, 2.45) is 5.73 Å². The minimum absolute atomic E-state index is 0.0108. The lowest BCUT2D eigenvalue weighted by Crippen LogP contribution is -2.14. The van der Waals surface area contributed by atoms with Crippen LogP contribution in [0, 0.1) is 5.82 Å². The molecule has 2 nitrogen and oxygen atoms in total. The number of rotatable bonds is 4.